The van der Waals surface area contributed by atoms with Crippen molar-refractivity contribution in [2.75, 3.05) is 23.9 Å². The van der Waals surface area contributed by atoms with E-state index < -0.39 is 15.9 Å². The molecule has 0 saturated carbocycles. The second-order valence-electron chi connectivity index (χ2n) is 7.20. The van der Waals surface area contributed by atoms with E-state index in [-0.39, 0.29) is 30.1 Å². The Morgan fingerprint density at radius 3 is 2.40 bits per heavy atom. The van der Waals surface area contributed by atoms with Gasteiger partial charge in [0.25, 0.3) is 5.91 Å². The van der Waals surface area contributed by atoms with Gasteiger partial charge in [-0.05, 0) is 30.2 Å². The van der Waals surface area contributed by atoms with E-state index in [0.717, 1.165) is 6.26 Å². The molecule has 0 aliphatic rings. The van der Waals surface area contributed by atoms with Gasteiger partial charge in [-0.3, -0.25) is 9.59 Å². The Bertz CT molecular complexity index is 961. The van der Waals surface area contributed by atoms with Crippen molar-refractivity contribution >= 4 is 27.3 Å². The first-order chi connectivity index (χ1) is 14.2. The summed E-state index contributed by atoms with van der Waals surface area (Å²) in [4.78, 5) is 25.4. The zero-order valence-corrected chi connectivity index (χ0v) is 18.2. The van der Waals surface area contributed by atoms with Crippen LogP contribution in [-0.2, 0) is 14.6 Å². The smallest absolute Gasteiger partial charge is 0.251 e. The maximum atomic E-state index is 12.9. The SMILES string of the molecule is CCC(C)C(NC(=O)c1ccccc1)C(=O)Nc1cccc(OCCS(C)(=O)=O)c1. The van der Waals surface area contributed by atoms with Crippen LogP contribution < -0.4 is 15.4 Å². The van der Waals surface area contributed by atoms with Gasteiger partial charge in [0.05, 0.1) is 5.75 Å². The predicted molar refractivity (Wildman–Crippen MR) is 117 cm³/mol. The lowest BCUT2D eigenvalue weighted by atomic mass is 9.97. The Balaban J connectivity index is 2.06. The summed E-state index contributed by atoms with van der Waals surface area (Å²) in [5.74, 6) is -0.363. The highest BCUT2D eigenvalue weighted by atomic mass is 32.2. The summed E-state index contributed by atoms with van der Waals surface area (Å²) < 4.78 is 27.9. The summed E-state index contributed by atoms with van der Waals surface area (Å²) >= 11 is 0. The van der Waals surface area contributed by atoms with Crippen molar-refractivity contribution in [2.24, 2.45) is 5.92 Å². The Labute approximate surface area is 177 Å². The molecule has 0 heterocycles. The monoisotopic (exact) mass is 432 g/mol. The number of hydrogen-bond donors (Lipinski definition) is 2. The number of ether oxygens (including phenoxy) is 1. The van der Waals surface area contributed by atoms with Crippen LogP contribution in [0.5, 0.6) is 5.75 Å². The zero-order chi connectivity index (χ0) is 22.1. The summed E-state index contributed by atoms with van der Waals surface area (Å²) in [5.41, 5.74) is 0.985. The van der Waals surface area contributed by atoms with Crippen molar-refractivity contribution in [3.63, 3.8) is 0 Å². The molecular formula is C22H28N2O5S. The molecule has 8 heteroatoms. The molecule has 0 radical (unpaired) electrons. The lowest BCUT2D eigenvalue weighted by molar-refractivity contribution is -0.119. The van der Waals surface area contributed by atoms with E-state index >= 15 is 0 Å². The third-order valence-corrected chi connectivity index (χ3v) is 5.55. The van der Waals surface area contributed by atoms with E-state index in [2.05, 4.69) is 10.6 Å². The summed E-state index contributed by atoms with van der Waals surface area (Å²) in [6.07, 6.45) is 1.85. The van der Waals surface area contributed by atoms with Gasteiger partial charge in [-0.15, -0.1) is 0 Å². The summed E-state index contributed by atoms with van der Waals surface area (Å²) in [7, 11) is -3.12. The van der Waals surface area contributed by atoms with Crippen molar-refractivity contribution in [1.82, 2.24) is 5.32 Å². The minimum absolute atomic E-state index is 0.0266. The fraction of sp³-hybridized carbons (Fsp3) is 0.364. The molecule has 7 nitrogen and oxygen atoms in total. The predicted octanol–water partition coefficient (Wildman–Crippen LogP) is 2.89. The molecule has 2 aromatic rings. The molecule has 0 fully saturated rings. The maximum Gasteiger partial charge on any atom is 0.251 e. The number of benzene rings is 2. The van der Waals surface area contributed by atoms with Gasteiger partial charge in [0, 0.05) is 23.6 Å². The van der Waals surface area contributed by atoms with Crippen LogP contribution in [0.15, 0.2) is 54.6 Å². The number of sulfone groups is 1. The molecule has 0 saturated heterocycles. The van der Waals surface area contributed by atoms with Crippen molar-refractivity contribution in [3.8, 4) is 5.75 Å². The van der Waals surface area contributed by atoms with Gasteiger partial charge in [0.15, 0.2) is 9.84 Å². The van der Waals surface area contributed by atoms with Crippen LogP contribution in [0.25, 0.3) is 0 Å². The average molecular weight is 433 g/mol. The molecule has 162 valence electrons. The minimum atomic E-state index is -3.12. The quantitative estimate of drug-likeness (QED) is 0.601. The van der Waals surface area contributed by atoms with E-state index in [1.54, 1.807) is 48.5 Å². The molecule has 0 aliphatic carbocycles. The standard InChI is InChI=1S/C22H28N2O5S/c1-4-16(2)20(24-21(25)17-9-6-5-7-10-17)22(26)23-18-11-8-12-19(15-18)29-13-14-30(3,27)28/h5-12,15-16,20H,4,13-14H2,1-3H3,(H,23,26)(H,24,25). The Hall–Kier alpha value is -2.87. The van der Waals surface area contributed by atoms with Gasteiger partial charge in [0.1, 0.15) is 18.4 Å². The van der Waals surface area contributed by atoms with E-state index in [1.165, 1.54) is 0 Å². The molecule has 2 unspecified atom stereocenters. The molecule has 0 aromatic heterocycles. The number of hydrogen-bond acceptors (Lipinski definition) is 5. The molecule has 0 spiro atoms. The average Bonchev–Trinajstić information content (AvgIpc) is 2.71. The van der Waals surface area contributed by atoms with Crippen LogP contribution in [0.3, 0.4) is 0 Å². The highest BCUT2D eigenvalue weighted by molar-refractivity contribution is 7.90. The van der Waals surface area contributed by atoms with E-state index in [4.69, 9.17) is 4.74 Å². The topological polar surface area (TPSA) is 102 Å². The highest BCUT2D eigenvalue weighted by Crippen LogP contribution is 2.19. The van der Waals surface area contributed by atoms with Crippen LogP contribution in [0.2, 0.25) is 0 Å². The lowest BCUT2D eigenvalue weighted by Crippen LogP contribution is -2.47. The number of anilines is 1. The molecule has 2 rings (SSSR count). The van der Waals surface area contributed by atoms with Crippen LogP contribution in [0, 0.1) is 5.92 Å². The second kappa shape index (κ2) is 10.8. The fourth-order valence-electron chi connectivity index (χ4n) is 2.71. The first kappa shape index (κ1) is 23.4. The number of rotatable bonds is 10. The van der Waals surface area contributed by atoms with Crippen molar-refractivity contribution in [3.05, 3.63) is 60.2 Å². The Kier molecular flexibility index (Phi) is 8.41. The van der Waals surface area contributed by atoms with E-state index in [1.807, 2.05) is 19.9 Å². The first-order valence-electron chi connectivity index (χ1n) is 9.77. The fourth-order valence-corrected chi connectivity index (χ4v) is 3.10. The van der Waals surface area contributed by atoms with Crippen LogP contribution in [0.1, 0.15) is 30.6 Å². The lowest BCUT2D eigenvalue weighted by Gasteiger charge is -2.23. The Morgan fingerprint density at radius 2 is 1.77 bits per heavy atom. The van der Waals surface area contributed by atoms with Crippen molar-refractivity contribution in [2.45, 2.75) is 26.3 Å². The van der Waals surface area contributed by atoms with E-state index in [0.29, 0.717) is 23.4 Å². The largest absolute Gasteiger partial charge is 0.492 e. The molecule has 30 heavy (non-hydrogen) atoms. The van der Waals surface area contributed by atoms with Crippen LogP contribution >= 0.6 is 0 Å². The number of nitrogens with one attached hydrogen (secondary N) is 2. The summed E-state index contributed by atoms with van der Waals surface area (Å²) in [6.45, 7) is 3.88. The second-order valence-corrected chi connectivity index (χ2v) is 9.46. The van der Waals surface area contributed by atoms with Crippen molar-refractivity contribution in [1.29, 1.82) is 0 Å². The zero-order valence-electron chi connectivity index (χ0n) is 17.4. The number of carbonyl (C=O) groups is 2. The maximum absolute atomic E-state index is 12.9. The first-order valence-corrected chi connectivity index (χ1v) is 11.8. The summed E-state index contributed by atoms with van der Waals surface area (Å²) in [6, 6.07) is 14.7. The molecule has 0 bridgehead atoms. The van der Waals surface area contributed by atoms with Gasteiger partial charge >= 0.3 is 0 Å². The van der Waals surface area contributed by atoms with Gasteiger partial charge in [0.2, 0.25) is 5.91 Å². The molecule has 2 aromatic carbocycles. The third-order valence-electron chi connectivity index (χ3n) is 4.64. The van der Waals surface area contributed by atoms with Crippen molar-refractivity contribution < 1.29 is 22.7 Å². The Morgan fingerprint density at radius 1 is 1.07 bits per heavy atom. The molecule has 2 atom stereocenters. The van der Waals surface area contributed by atoms with Gasteiger partial charge < -0.3 is 15.4 Å². The molecule has 2 N–H and O–H groups in total. The molecule has 0 aliphatic heterocycles. The summed E-state index contributed by atoms with van der Waals surface area (Å²) in [5, 5.41) is 5.63. The molecular weight excluding hydrogens is 404 g/mol. The van der Waals surface area contributed by atoms with Gasteiger partial charge in [-0.25, -0.2) is 8.42 Å². The molecule has 2 amide bonds. The third kappa shape index (κ3) is 7.51. The number of amides is 2. The van der Waals surface area contributed by atoms with Gasteiger partial charge in [-0.1, -0.05) is 44.5 Å². The van der Waals surface area contributed by atoms with Crippen LogP contribution in [-0.4, -0.2) is 44.9 Å². The highest BCUT2D eigenvalue weighted by Gasteiger charge is 2.26. The number of carbonyl (C=O) groups excluding carboxylic acids is 2. The van der Waals surface area contributed by atoms with E-state index in [9.17, 15) is 18.0 Å². The van der Waals surface area contributed by atoms with Gasteiger partial charge in [-0.2, -0.15) is 0 Å². The minimum Gasteiger partial charge on any atom is -0.492 e. The van der Waals surface area contributed by atoms with Crippen LogP contribution in [0.4, 0.5) is 5.69 Å². The normalized spacial score (nSPS) is 13.2.